The van der Waals surface area contributed by atoms with Gasteiger partial charge >= 0.3 is 5.69 Å². The molecule has 2 aromatic carbocycles. The number of fused-ring (bicyclic) bond motifs is 2. The predicted octanol–water partition coefficient (Wildman–Crippen LogP) is 5.29. The van der Waals surface area contributed by atoms with Crippen LogP contribution in [-0.4, -0.2) is 52.7 Å². The molecule has 0 amide bonds. The molecule has 5 aromatic rings. The number of aromatic nitrogens is 3. The summed E-state index contributed by atoms with van der Waals surface area (Å²) in [6.07, 6.45) is 7.80. The van der Waals surface area contributed by atoms with Crippen LogP contribution in [0.2, 0.25) is 0 Å². The van der Waals surface area contributed by atoms with Gasteiger partial charge in [0.25, 0.3) is 5.56 Å². The quantitative estimate of drug-likeness (QED) is 0.252. The highest BCUT2D eigenvalue weighted by Gasteiger charge is 2.23. The summed E-state index contributed by atoms with van der Waals surface area (Å²) in [4.78, 5) is 32.9. The molecule has 0 radical (unpaired) electrons. The van der Waals surface area contributed by atoms with Crippen LogP contribution >= 0.6 is 0 Å². The molecule has 8 nitrogen and oxygen atoms in total. The zero-order valence-corrected chi connectivity index (χ0v) is 23.6. The van der Waals surface area contributed by atoms with Gasteiger partial charge in [0, 0.05) is 29.8 Å². The van der Waals surface area contributed by atoms with E-state index in [1.165, 1.54) is 15.5 Å². The van der Waals surface area contributed by atoms with Gasteiger partial charge in [0.1, 0.15) is 11.5 Å². The first kappa shape index (κ1) is 26.9. The minimum atomic E-state index is -0.293. The average molecular weight is 553 g/mol. The number of likely N-dealkylation sites (tertiary alicyclic amines) is 1. The van der Waals surface area contributed by atoms with E-state index >= 15 is 0 Å². The van der Waals surface area contributed by atoms with E-state index < -0.39 is 0 Å². The number of hydrogen-bond donors (Lipinski definition) is 1. The van der Waals surface area contributed by atoms with Gasteiger partial charge in [-0.25, -0.2) is 4.79 Å². The van der Waals surface area contributed by atoms with E-state index in [-0.39, 0.29) is 11.2 Å². The topological polar surface area (TPSA) is 81.0 Å². The number of rotatable bonds is 9. The summed E-state index contributed by atoms with van der Waals surface area (Å²) in [5.41, 5.74) is 3.90. The number of pyridine rings is 1. The van der Waals surface area contributed by atoms with Crippen molar-refractivity contribution in [3.05, 3.63) is 99.5 Å². The zero-order valence-electron chi connectivity index (χ0n) is 23.6. The van der Waals surface area contributed by atoms with Crippen molar-refractivity contribution in [2.75, 3.05) is 33.9 Å². The van der Waals surface area contributed by atoms with E-state index in [0.717, 1.165) is 67.9 Å². The van der Waals surface area contributed by atoms with Gasteiger partial charge in [0.2, 0.25) is 0 Å². The van der Waals surface area contributed by atoms with E-state index in [4.69, 9.17) is 9.47 Å². The molecule has 6 rings (SSSR count). The lowest BCUT2D eigenvalue weighted by Crippen LogP contribution is -2.39. The molecule has 1 saturated heterocycles. The summed E-state index contributed by atoms with van der Waals surface area (Å²) in [6, 6.07) is 19.1. The largest absolute Gasteiger partial charge is 0.497 e. The van der Waals surface area contributed by atoms with Gasteiger partial charge in [0.15, 0.2) is 0 Å². The van der Waals surface area contributed by atoms with Crippen molar-refractivity contribution < 1.29 is 9.47 Å². The number of piperidine rings is 1. The van der Waals surface area contributed by atoms with Gasteiger partial charge in [-0.15, -0.1) is 0 Å². The molecule has 0 unspecified atom stereocenters. The Morgan fingerprint density at radius 3 is 2.37 bits per heavy atom. The Bertz CT molecular complexity index is 1780. The molecular weight excluding hydrogens is 516 g/mol. The second-order valence-corrected chi connectivity index (χ2v) is 10.8. The van der Waals surface area contributed by atoms with Crippen LogP contribution in [0.25, 0.3) is 27.5 Å². The molecule has 0 aliphatic carbocycles. The van der Waals surface area contributed by atoms with Crippen molar-refractivity contribution in [2.24, 2.45) is 0 Å². The fourth-order valence-electron chi connectivity index (χ4n) is 6.16. The van der Waals surface area contributed by atoms with Crippen LogP contribution < -0.4 is 20.7 Å². The van der Waals surface area contributed by atoms with Gasteiger partial charge in [0.05, 0.1) is 25.3 Å². The number of ether oxygens (including phenoxy) is 2. The summed E-state index contributed by atoms with van der Waals surface area (Å²) in [7, 11) is 3.32. The molecule has 3 aromatic heterocycles. The Hall–Kier alpha value is -4.30. The van der Waals surface area contributed by atoms with Crippen molar-refractivity contribution in [1.82, 2.24) is 18.9 Å². The molecule has 0 bridgehead atoms. The number of hydrogen-bond acceptors (Lipinski definition) is 5. The van der Waals surface area contributed by atoms with E-state index in [2.05, 4.69) is 28.2 Å². The lowest BCUT2D eigenvalue weighted by Gasteiger charge is -2.32. The molecule has 41 heavy (non-hydrogen) atoms. The number of aromatic amines is 1. The monoisotopic (exact) mass is 552 g/mol. The Morgan fingerprint density at radius 1 is 0.878 bits per heavy atom. The van der Waals surface area contributed by atoms with Gasteiger partial charge in [-0.2, -0.15) is 0 Å². The van der Waals surface area contributed by atoms with Crippen LogP contribution in [0.1, 0.15) is 37.2 Å². The number of unbranched alkanes of at least 4 members (excludes halogenated alkanes) is 1. The van der Waals surface area contributed by atoms with Crippen LogP contribution in [0.15, 0.2) is 82.6 Å². The smallest absolute Gasteiger partial charge is 0.335 e. The van der Waals surface area contributed by atoms with Gasteiger partial charge in [-0.1, -0.05) is 18.2 Å². The summed E-state index contributed by atoms with van der Waals surface area (Å²) in [5, 5.41) is 1.25. The zero-order chi connectivity index (χ0) is 28.3. The van der Waals surface area contributed by atoms with Crippen LogP contribution in [0.5, 0.6) is 11.5 Å². The molecule has 0 saturated carbocycles. The van der Waals surface area contributed by atoms with Crippen LogP contribution in [-0.2, 0) is 6.54 Å². The first-order chi connectivity index (χ1) is 20.1. The summed E-state index contributed by atoms with van der Waals surface area (Å²) < 4.78 is 13.7. The van der Waals surface area contributed by atoms with Crippen LogP contribution in [0.4, 0.5) is 0 Å². The molecule has 1 fully saturated rings. The Labute approximate surface area is 238 Å². The van der Waals surface area contributed by atoms with Crippen LogP contribution in [0, 0.1) is 0 Å². The molecule has 1 N–H and O–H groups in total. The van der Waals surface area contributed by atoms with Gasteiger partial charge < -0.3 is 19.4 Å². The minimum absolute atomic E-state index is 0.248. The maximum atomic E-state index is 13.6. The highest BCUT2D eigenvalue weighted by molar-refractivity contribution is 5.85. The lowest BCUT2D eigenvalue weighted by molar-refractivity contribution is 0.208. The first-order valence-electron chi connectivity index (χ1n) is 14.3. The summed E-state index contributed by atoms with van der Waals surface area (Å²) in [5.74, 6) is 2.13. The summed E-state index contributed by atoms with van der Waals surface area (Å²) >= 11 is 0. The molecule has 0 spiro atoms. The molecule has 1 aliphatic heterocycles. The Balaban J connectivity index is 1.11. The van der Waals surface area contributed by atoms with Crippen molar-refractivity contribution in [2.45, 2.75) is 38.1 Å². The summed E-state index contributed by atoms with van der Waals surface area (Å²) in [6.45, 7) is 3.44. The molecule has 0 atom stereocenters. The third-order valence-electron chi connectivity index (χ3n) is 8.45. The molecule has 212 valence electrons. The standard InChI is InChI=1S/C33H36N4O4/c1-40-25-10-8-24(9-11-25)31-30-7-3-4-17-36(30)33(39)37(32(31)38)18-6-5-16-35-19-14-23(15-20-35)28-22-34-29-13-12-26(41-2)21-27(28)29/h3-4,7-13,17,21-23,34H,5-6,14-16,18-20H2,1-2H3. The lowest BCUT2D eigenvalue weighted by atomic mass is 9.89. The second-order valence-electron chi connectivity index (χ2n) is 10.8. The van der Waals surface area contributed by atoms with Crippen LogP contribution in [0.3, 0.4) is 0 Å². The SMILES string of the molecule is COc1ccc(-c2c(=O)n(CCCCN3CCC(c4c[nH]c5ccc(OC)cc45)CC3)c(=O)n3ccccc23)cc1. The van der Waals surface area contributed by atoms with Crippen molar-refractivity contribution >= 4 is 16.4 Å². The van der Waals surface area contributed by atoms with Gasteiger partial charge in [-0.05, 0) is 105 Å². The van der Waals surface area contributed by atoms with E-state index in [9.17, 15) is 9.59 Å². The molecule has 4 heterocycles. The van der Waals surface area contributed by atoms with E-state index in [0.29, 0.717) is 23.5 Å². The fourth-order valence-corrected chi connectivity index (χ4v) is 6.16. The molecule has 1 aliphatic rings. The fraction of sp³-hybridized carbons (Fsp3) is 0.333. The number of nitrogens with one attached hydrogen (secondary N) is 1. The third kappa shape index (κ3) is 5.27. The number of methoxy groups -OCH3 is 2. The number of H-pyrrole nitrogens is 1. The number of benzene rings is 2. The number of nitrogens with zero attached hydrogens (tertiary/aromatic N) is 3. The van der Waals surface area contributed by atoms with E-state index in [1.54, 1.807) is 24.8 Å². The maximum Gasteiger partial charge on any atom is 0.335 e. The predicted molar refractivity (Wildman–Crippen MR) is 162 cm³/mol. The van der Waals surface area contributed by atoms with Crippen molar-refractivity contribution in [1.29, 1.82) is 0 Å². The molecular formula is C33H36N4O4. The first-order valence-corrected chi connectivity index (χ1v) is 14.3. The second kappa shape index (κ2) is 11.7. The van der Waals surface area contributed by atoms with E-state index in [1.807, 2.05) is 48.5 Å². The third-order valence-corrected chi connectivity index (χ3v) is 8.45. The Kier molecular flexibility index (Phi) is 7.65. The van der Waals surface area contributed by atoms with Crippen molar-refractivity contribution in [3.63, 3.8) is 0 Å². The highest BCUT2D eigenvalue weighted by Crippen LogP contribution is 2.34. The minimum Gasteiger partial charge on any atom is -0.497 e. The Morgan fingerprint density at radius 2 is 1.61 bits per heavy atom. The van der Waals surface area contributed by atoms with Crippen molar-refractivity contribution in [3.8, 4) is 22.6 Å². The van der Waals surface area contributed by atoms with Gasteiger partial charge in [-0.3, -0.25) is 13.8 Å². The molecule has 8 heteroatoms. The average Bonchev–Trinajstić information content (AvgIpc) is 3.44. The maximum absolute atomic E-state index is 13.6. The normalized spacial score (nSPS) is 14.6. The highest BCUT2D eigenvalue weighted by atomic mass is 16.5.